The molecule has 0 radical (unpaired) electrons. The van der Waals surface area contributed by atoms with E-state index in [0.717, 1.165) is 28.4 Å². The molecule has 0 aliphatic carbocycles. The molecular weight excluding hydrogens is 296 g/mol. The number of methoxy groups -OCH3 is 2. The minimum Gasteiger partial charge on any atom is -0.497 e. The standard InChI is InChI=1S/C18H20O3S/c1-13-12-22-18(21-13,14-4-8-16(19-2)9-5-14)15-6-10-17(20-3)11-7-15/h4-11,13H,12H2,1-3H3. The number of rotatable bonds is 4. The second-order valence-electron chi connectivity index (χ2n) is 5.31. The summed E-state index contributed by atoms with van der Waals surface area (Å²) in [6.07, 6.45) is 0.217. The Hall–Kier alpha value is -1.65. The normalized spacial score (nSPS) is 19.9. The Balaban J connectivity index is 2.03. The fourth-order valence-electron chi connectivity index (χ4n) is 2.68. The van der Waals surface area contributed by atoms with Gasteiger partial charge in [-0.1, -0.05) is 24.3 Å². The number of hydrogen-bond acceptors (Lipinski definition) is 4. The Labute approximate surface area is 135 Å². The van der Waals surface area contributed by atoms with E-state index in [2.05, 4.69) is 31.2 Å². The van der Waals surface area contributed by atoms with Gasteiger partial charge in [-0.05, 0) is 42.3 Å². The van der Waals surface area contributed by atoms with Gasteiger partial charge < -0.3 is 14.2 Å². The van der Waals surface area contributed by atoms with Crippen LogP contribution in [0.3, 0.4) is 0 Å². The minimum atomic E-state index is -0.460. The first-order valence-electron chi connectivity index (χ1n) is 7.29. The van der Waals surface area contributed by atoms with Crippen LogP contribution in [0, 0.1) is 0 Å². The van der Waals surface area contributed by atoms with Crippen molar-refractivity contribution in [3.8, 4) is 11.5 Å². The Morgan fingerprint density at radius 2 is 1.36 bits per heavy atom. The van der Waals surface area contributed by atoms with Gasteiger partial charge in [0.25, 0.3) is 0 Å². The van der Waals surface area contributed by atoms with Crippen molar-refractivity contribution in [3.05, 3.63) is 59.7 Å². The first kappa shape index (κ1) is 15.3. The number of hydrogen-bond donors (Lipinski definition) is 0. The molecule has 116 valence electrons. The zero-order valence-corrected chi connectivity index (χ0v) is 13.9. The third kappa shape index (κ3) is 2.69. The lowest BCUT2D eigenvalue weighted by Crippen LogP contribution is -2.24. The van der Waals surface area contributed by atoms with Crippen molar-refractivity contribution in [2.24, 2.45) is 0 Å². The quantitative estimate of drug-likeness (QED) is 0.850. The lowest BCUT2D eigenvalue weighted by Gasteiger charge is -2.29. The van der Waals surface area contributed by atoms with Crippen molar-refractivity contribution < 1.29 is 14.2 Å². The maximum atomic E-state index is 6.35. The van der Waals surface area contributed by atoms with E-state index in [9.17, 15) is 0 Å². The minimum absolute atomic E-state index is 0.217. The summed E-state index contributed by atoms with van der Waals surface area (Å²) in [6.45, 7) is 2.11. The van der Waals surface area contributed by atoms with E-state index < -0.39 is 4.93 Å². The van der Waals surface area contributed by atoms with Crippen LogP contribution in [0.4, 0.5) is 0 Å². The monoisotopic (exact) mass is 316 g/mol. The van der Waals surface area contributed by atoms with Crippen LogP contribution < -0.4 is 9.47 Å². The molecular formula is C18H20O3S. The summed E-state index contributed by atoms with van der Waals surface area (Å²) in [4.78, 5) is -0.460. The van der Waals surface area contributed by atoms with E-state index in [1.54, 1.807) is 14.2 Å². The van der Waals surface area contributed by atoms with E-state index in [0.29, 0.717) is 0 Å². The molecule has 1 atom stereocenters. The second-order valence-corrected chi connectivity index (χ2v) is 6.51. The molecule has 1 fully saturated rings. The van der Waals surface area contributed by atoms with Gasteiger partial charge in [0.1, 0.15) is 11.5 Å². The first-order chi connectivity index (χ1) is 10.7. The van der Waals surface area contributed by atoms with Gasteiger partial charge in [0.15, 0.2) is 4.93 Å². The second kappa shape index (κ2) is 6.23. The summed E-state index contributed by atoms with van der Waals surface area (Å²) >= 11 is 1.83. The first-order valence-corrected chi connectivity index (χ1v) is 8.27. The van der Waals surface area contributed by atoms with Gasteiger partial charge >= 0.3 is 0 Å². The summed E-state index contributed by atoms with van der Waals surface area (Å²) in [7, 11) is 3.36. The molecule has 0 spiro atoms. The highest BCUT2D eigenvalue weighted by Gasteiger charge is 2.42. The third-order valence-electron chi connectivity index (χ3n) is 3.83. The highest BCUT2D eigenvalue weighted by atomic mass is 32.2. The molecule has 2 aromatic carbocycles. The van der Waals surface area contributed by atoms with Gasteiger partial charge in [0.05, 0.1) is 20.3 Å². The van der Waals surface area contributed by atoms with Crippen molar-refractivity contribution in [3.63, 3.8) is 0 Å². The molecule has 0 aromatic heterocycles. The van der Waals surface area contributed by atoms with Crippen molar-refractivity contribution in [1.29, 1.82) is 0 Å². The third-order valence-corrected chi connectivity index (χ3v) is 5.44. The topological polar surface area (TPSA) is 27.7 Å². The molecule has 3 nitrogen and oxygen atoms in total. The molecule has 0 bridgehead atoms. The molecule has 1 unspecified atom stereocenters. The summed E-state index contributed by atoms with van der Waals surface area (Å²) in [6, 6.07) is 16.2. The van der Waals surface area contributed by atoms with E-state index >= 15 is 0 Å². The van der Waals surface area contributed by atoms with Gasteiger partial charge in [0, 0.05) is 5.75 Å². The molecule has 1 aliphatic heterocycles. The zero-order valence-electron chi connectivity index (χ0n) is 13.0. The van der Waals surface area contributed by atoms with Gasteiger partial charge in [-0.15, -0.1) is 11.8 Å². The average Bonchev–Trinajstić information content (AvgIpc) is 2.98. The predicted molar refractivity (Wildman–Crippen MR) is 89.8 cm³/mol. The Kier molecular flexibility index (Phi) is 4.32. The molecule has 0 amide bonds. The Morgan fingerprint density at radius 1 is 0.909 bits per heavy atom. The van der Waals surface area contributed by atoms with E-state index in [1.807, 2.05) is 36.0 Å². The van der Waals surface area contributed by atoms with E-state index in [-0.39, 0.29) is 6.10 Å². The zero-order chi connectivity index (χ0) is 15.6. The maximum Gasteiger partial charge on any atom is 0.165 e. The molecule has 2 aromatic rings. The van der Waals surface area contributed by atoms with Crippen molar-refractivity contribution in [2.45, 2.75) is 18.0 Å². The smallest absolute Gasteiger partial charge is 0.165 e. The summed E-state index contributed by atoms with van der Waals surface area (Å²) in [5.74, 6) is 2.67. The van der Waals surface area contributed by atoms with Crippen molar-refractivity contribution in [1.82, 2.24) is 0 Å². The van der Waals surface area contributed by atoms with Crippen LogP contribution in [0.2, 0.25) is 0 Å². The molecule has 1 aliphatic rings. The number of ether oxygens (including phenoxy) is 3. The highest BCUT2D eigenvalue weighted by Crippen LogP contribution is 2.50. The summed E-state index contributed by atoms with van der Waals surface area (Å²) in [5, 5.41) is 0. The van der Waals surface area contributed by atoms with Gasteiger partial charge in [-0.3, -0.25) is 0 Å². The molecule has 0 saturated carbocycles. The fourth-order valence-corrected chi connectivity index (χ4v) is 4.05. The van der Waals surface area contributed by atoms with Crippen molar-refractivity contribution >= 4 is 11.8 Å². The molecule has 4 heteroatoms. The molecule has 0 N–H and O–H groups in total. The van der Waals surface area contributed by atoms with Crippen LogP contribution in [0.15, 0.2) is 48.5 Å². The fraction of sp³-hybridized carbons (Fsp3) is 0.333. The van der Waals surface area contributed by atoms with Crippen LogP contribution in [0.1, 0.15) is 18.1 Å². The Bertz CT molecular complexity index is 574. The summed E-state index contributed by atoms with van der Waals surface area (Å²) in [5.41, 5.74) is 2.26. The lowest BCUT2D eigenvalue weighted by molar-refractivity contribution is 0.0252. The number of thioether (sulfide) groups is 1. The summed E-state index contributed by atoms with van der Waals surface area (Å²) < 4.78 is 16.9. The van der Waals surface area contributed by atoms with Crippen LogP contribution in [-0.4, -0.2) is 26.1 Å². The van der Waals surface area contributed by atoms with Gasteiger partial charge in [-0.25, -0.2) is 0 Å². The predicted octanol–water partition coefficient (Wildman–Crippen LogP) is 4.06. The van der Waals surface area contributed by atoms with Crippen LogP contribution in [0.25, 0.3) is 0 Å². The van der Waals surface area contributed by atoms with Crippen LogP contribution >= 0.6 is 11.8 Å². The largest absolute Gasteiger partial charge is 0.497 e. The molecule has 22 heavy (non-hydrogen) atoms. The number of benzene rings is 2. The van der Waals surface area contributed by atoms with Gasteiger partial charge in [0.2, 0.25) is 0 Å². The average molecular weight is 316 g/mol. The molecule has 3 rings (SSSR count). The SMILES string of the molecule is COc1ccc(C2(c3ccc(OC)cc3)OC(C)CS2)cc1. The molecule has 1 saturated heterocycles. The highest BCUT2D eigenvalue weighted by molar-refractivity contribution is 8.00. The van der Waals surface area contributed by atoms with Gasteiger partial charge in [-0.2, -0.15) is 0 Å². The lowest BCUT2D eigenvalue weighted by atomic mass is 10.00. The van der Waals surface area contributed by atoms with E-state index in [4.69, 9.17) is 14.2 Å². The van der Waals surface area contributed by atoms with Crippen LogP contribution in [-0.2, 0) is 9.67 Å². The van der Waals surface area contributed by atoms with Crippen molar-refractivity contribution in [2.75, 3.05) is 20.0 Å². The Morgan fingerprint density at radius 3 is 1.68 bits per heavy atom. The maximum absolute atomic E-state index is 6.35. The molecule has 1 heterocycles. The van der Waals surface area contributed by atoms with Crippen LogP contribution in [0.5, 0.6) is 11.5 Å². The van der Waals surface area contributed by atoms with E-state index in [1.165, 1.54) is 0 Å².